The summed E-state index contributed by atoms with van der Waals surface area (Å²) in [6, 6.07) is 4.13. The van der Waals surface area contributed by atoms with Crippen LogP contribution in [0.15, 0.2) is 18.3 Å². The molecule has 88 valence electrons. The maximum atomic E-state index is 9.45. The third kappa shape index (κ3) is 2.71. The van der Waals surface area contributed by atoms with Crippen molar-refractivity contribution < 1.29 is 5.11 Å². The van der Waals surface area contributed by atoms with E-state index in [1.54, 1.807) is 0 Å². The van der Waals surface area contributed by atoms with Gasteiger partial charge in [-0.25, -0.2) is 4.98 Å². The maximum absolute atomic E-state index is 9.45. The molecule has 1 aliphatic rings. The van der Waals surface area contributed by atoms with E-state index in [2.05, 4.69) is 28.2 Å². The molecule has 1 aliphatic heterocycles. The van der Waals surface area contributed by atoms with E-state index in [9.17, 15) is 5.11 Å². The average Bonchev–Trinajstić information content (AvgIpc) is 2.74. The number of rotatable bonds is 4. The summed E-state index contributed by atoms with van der Waals surface area (Å²) in [4.78, 5) is 6.55. The summed E-state index contributed by atoms with van der Waals surface area (Å²) in [5, 5.41) is 12.7. The first kappa shape index (κ1) is 11.4. The second-order valence-electron chi connectivity index (χ2n) is 4.19. The summed E-state index contributed by atoms with van der Waals surface area (Å²) in [7, 11) is 0. The van der Waals surface area contributed by atoms with E-state index in [-0.39, 0.29) is 6.10 Å². The van der Waals surface area contributed by atoms with Crippen LogP contribution in [0.2, 0.25) is 0 Å². The molecule has 4 nitrogen and oxygen atoms in total. The first-order chi connectivity index (χ1) is 7.79. The van der Waals surface area contributed by atoms with Gasteiger partial charge in [-0.3, -0.25) is 0 Å². The van der Waals surface area contributed by atoms with Crippen molar-refractivity contribution in [3.8, 4) is 0 Å². The van der Waals surface area contributed by atoms with Gasteiger partial charge < -0.3 is 15.3 Å². The van der Waals surface area contributed by atoms with Crippen LogP contribution >= 0.6 is 0 Å². The van der Waals surface area contributed by atoms with Gasteiger partial charge in [-0.1, -0.05) is 13.0 Å². The Balaban J connectivity index is 1.96. The topological polar surface area (TPSA) is 48.4 Å². The Morgan fingerprint density at radius 1 is 1.56 bits per heavy atom. The fourth-order valence-corrected chi connectivity index (χ4v) is 1.93. The molecule has 0 aliphatic carbocycles. The molecule has 1 aromatic heterocycles. The average molecular weight is 221 g/mol. The molecule has 1 atom stereocenters. The smallest absolute Gasteiger partial charge is 0.128 e. The largest absolute Gasteiger partial charge is 0.391 e. The van der Waals surface area contributed by atoms with E-state index >= 15 is 0 Å². The summed E-state index contributed by atoms with van der Waals surface area (Å²) in [5.74, 6) is 0.969. The van der Waals surface area contributed by atoms with Crippen molar-refractivity contribution in [2.75, 3.05) is 24.5 Å². The van der Waals surface area contributed by atoms with Crippen LogP contribution in [-0.4, -0.2) is 35.8 Å². The summed E-state index contributed by atoms with van der Waals surface area (Å²) in [6.45, 7) is 5.54. The lowest BCUT2D eigenvalue weighted by Crippen LogP contribution is -2.22. The molecule has 1 aromatic rings. The highest BCUT2D eigenvalue weighted by Gasteiger charge is 2.20. The Kier molecular flexibility index (Phi) is 3.74. The zero-order valence-electron chi connectivity index (χ0n) is 9.69. The maximum Gasteiger partial charge on any atom is 0.128 e. The first-order valence-corrected chi connectivity index (χ1v) is 5.88. The van der Waals surface area contributed by atoms with Crippen molar-refractivity contribution in [3.63, 3.8) is 0 Å². The van der Waals surface area contributed by atoms with Crippen LogP contribution in [-0.2, 0) is 6.54 Å². The molecule has 0 spiro atoms. The molecule has 0 bridgehead atoms. The molecule has 0 aromatic carbocycles. The lowest BCUT2D eigenvalue weighted by atomic mass is 10.3. The van der Waals surface area contributed by atoms with Crippen molar-refractivity contribution in [2.24, 2.45) is 0 Å². The molecule has 0 radical (unpaired) electrons. The number of hydrogen-bond acceptors (Lipinski definition) is 4. The highest BCUT2D eigenvalue weighted by Crippen LogP contribution is 2.17. The van der Waals surface area contributed by atoms with E-state index in [0.717, 1.165) is 31.9 Å². The fraction of sp³-hybridized carbons (Fsp3) is 0.583. The lowest BCUT2D eigenvalue weighted by Gasteiger charge is -2.16. The zero-order chi connectivity index (χ0) is 11.4. The Labute approximate surface area is 96.3 Å². The SMILES string of the molecule is CCNCc1ccc(N2CCC(O)C2)nc1. The number of hydrogen-bond donors (Lipinski definition) is 2. The molecular formula is C12H19N3O. The predicted molar refractivity (Wildman–Crippen MR) is 64.5 cm³/mol. The normalized spacial score (nSPS) is 20.4. The fourth-order valence-electron chi connectivity index (χ4n) is 1.93. The minimum Gasteiger partial charge on any atom is -0.391 e. The van der Waals surface area contributed by atoms with Crippen LogP contribution in [0.1, 0.15) is 18.9 Å². The highest BCUT2D eigenvalue weighted by atomic mass is 16.3. The first-order valence-electron chi connectivity index (χ1n) is 5.88. The summed E-state index contributed by atoms with van der Waals surface area (Å²) < 4.78 is 0. The Hall–Kier alpha value is -1.13. The zero-order valence-corrected chi connectivity index (χ0v) is 9.69. The third-order valence-corrected chi connectivity index (χ3v) is 2.88. The molecule has 0 saturated carbocycles. The van der Waals surface area contributed by atoms with Gasteiger partial charge in [0.1, 0.15) is 5.82 Å². The third-order valence-electron chi connectivity index (χ3n) is 2.88. The number of nitrogens with one attached hydrogen (secondary N) is 1. The molecule has 1 unspecified atom stereocenters. The van der Waals surface area contributed by atoms with Crippen LogP contribution < -0.4 is 10.2 Å². The number of anilines is 1. The highest BCUT2D eigenvalue weighted by molar-refractivity contribution is 5.40. The van der Waals surface area contributed by atoms with Gasteiger partial charge in [0.2, 0.25) is 0 Å². The number of aromatic nitrogens is 1. The van der Waals surface area contributed by atoms with Crippen LogP contribution in [0.5, 0.6) is 0 Å². The number of nitrogens with zero attached hydrogens (tertiary/aromatic N) is 2. The van der Waals surface area contributed by atoms with E-state index in [4.69, 9.17) is 0 Å². The van der Waals surface area contributed by atoms with Crippen molar-refractivity contribution in [3.05, 3.63) is 23.9 Å². The van der Waals surface area contributed by atoms with Crippen LogP contribution in [0.25, 0.3) is 0 Å². The minimum absolute atomic E-state index is 0.191. The second-order valence-corrected chi connectivity index (χ2v) is 4.19. The monoisotopic (exact) mass is 221 g/mol. The van der Waals surface area contributed by atoms with Crippen molar-refractivity contribution in [1.82, 2.24) is 10.3 Å². The van der Waals surface area contributed by atoms with E-state index in [0.29, 0.717) is 6.54 Å². The standard InChI is InChI=1S/C12H19N3O/c1-2-13-7-10-3-4-12(14-8-10)15-6-5-11(16)9-15/h3-4,8,11,13,16H,2,5-7,9H2,1H3. The van der Waals surface area contributed by atoms with Crippen LogP contribution in [0.3, 0.4) is 0 Å². The van der Waals surface area contributed by atoms with Crippen LogP contribution in [0, 0.1) is 0 Å². The van der Waals surface area contributed by atoms with Crippen LogP contribution in [0.4, 0.5) is 5.82 Å². The molecule has 2 heterocycles. The van der Waals surface area contributed by atoms with E-state index in [1.807, 2.05) is 12.3 Å². The summed E-state index contributed by atoms with van der Waals surface area (Å²) in [5.41, 5.74) is 1.20. The lowest BCUT2D eigenvalue weighted by molar-refractivity contribution is 0.198. The Morgan fingerprint density at radius 2 is 2.44 bits per heavy atom. The Bertz CT molecular complexity index is 326. The molecule has 16 heavy (non-hydrogen) atoms. The predicted octanol–water partition coefficient (Wildman–Crippen LogP) is 0.762. The van der Waals surface area contributed by atoms with Gasteiger partial charge in [0.25, 0.3) is 0 Å². The van der Waals surface area contributed by atoms with Gasteiger partial charge in [0, 0.05) is 25.8 Å². The molecule has 2 N–H and O–H groups in total. The molecule has 1 fully saturated rings. The van der Waals surface area contributed by atoms with Gasteiger partial charge in [0.15, 0.2) is 0 Å². The summed E-state index contributed by atoms with van der Waals surface area (Å²) >= 11 is 0. The second kappa shape index (κ2) is 5.27. The molecule has 2 rings (SSSR count). The van der Waals surface area contributed by atoms with Gasteiger partial charge in [0.05, 0.1) is 6.10 Å². The number of aliphatic hydroxyl groups excluding tert-OH is 1. The van der Waals surface area contributed by atoms with Gasteiger partial charge in [-0.05, 0) is 24.6 Å². The van der Waals surface area contributed by atoms with Gasteiger partial charge in [-0.15, -0.1) is 0 Å². The minimum atomic E-state index is -0.191. The van der Waals surface area contributed by atoms with E-state index < -0.39 is 0 Å². The van der Waals surface area contributed by atoms with Crippen molar-refractivity contribution >= 4 is 5.82 Å². The molecule has 0 amide bonds. The number of aliphatic hydroxyl groups is 1. The van der Waals surface area contributed by atoms with Crippen molar-refractivity contribution in [1.29, 1.82) is 0 Å². The Morgan fingerprint density at radius 3 is 3.00 bits per heavy atom. The molecule has 1 saturated heterocycles. The van der Waals surface area contributed by atoms with E-state index in [1.165, 1.54) is 5.56 Å². The molecule has 4 heteroatoms. The number of β-amino-alcohol motifs (C(OH)–C–C–N with tert-alkyl or cyclic N) is 1. The molecular weight excluding hydrogens is 202 g/mol. The van der Waals surface area contributed by atoms with Gasteiger partial charge in [-0.2, -0.15) is 0 Å². The van der Waals surface area contributed by atoms with Crippen molar-refractivity contribution in [2.45, 2.75) is 26.0 Å². The quantitative estimate of drug-likeness (QED) is 0.788. The van der Waals surface area contributed by atoms with Gasteiger partial charge >= 0.3 is 0 Å². The summed E-state index contributed by atoms with van der Waals surface area (Å²) in [6.07, 6.45) is 2.56. The number of pyridine rings is 1.